The van der Waals surface area contributed by atoms with Gasteiger partial charge in [-0.25, -0.2) is 9.78 Å². The topological polar surface area (TPSA) is 97.4 Å². The van der Waals surface area contributed by atoms with Crippen LogP contribution in [0.3, 0.4) is 0 Å². The number of aromatic nitrogens is 1. The molecule has 0 aliphatic carbocycles. The zero-order chi connectivity index (χ0) is 16.2. The van der Waals surface area contributed by atoms with E-state index in [-0.39, 0.29) is 34.3 Å². The van der Waals surface area contributed by atoms with Crippen molar-refractivity contribution >= 4 is 34.1 Å². The van der Waals surface area contributed by atoms with Crippen molar-refractivity contribution in [3.63, 3.8) is 0 Å². The van der Waals surface area contributed by atoms with Crippen LogP contribution in [-0.2, 0) is 9.53 Å². The fourth-order valence-electron chi connectivity index (χ4n) is 1.49. The van der Waals surface area contributed by atoms with E-state index in [1.807, 2.05) is 20.8 Å². The SMILES string of the molecule is COC(=O)c1nc(NCC(=O)NC(C)(C)C)sc1C(C)=O. The van der Waals surface area contributed by atoms with E-state index in [0.717, 1.165) is 11.3 Å². The molecule has 1 amide bonds. The Labute approximate surface area is 127 Å². The van der Waals surface area contributed by atoms with Gasteiger partial charge < -0.3 is 15.4 Å². The molecule has 0 saturated heterocycles. The fraction of sp³-hybridized carbons (Fsp3) is 0.538. The molecule has 0 bridgehead atoms. The van der Waals surface area contributed by atoms with Crippen molar-refractivity contribution < 1.29 is 19.1 Å². The number of rotatable bonds is 5. The number of nitrogens with zero attached hydrogens (tertiary/aromatic N) is 1. The van der Waals surface area contributed by atoms with Crippen LogP contribution in [0.25, 0.3) is 0 Å². The second-order valence-electron chi connectivity index (χ2n) is 5.40. The van der Waals surface area contributed by atoms with Crippen LogP contribution >= 0.6 is 11.3 Å². The maximum Gasteiger partial charge on any atom is 0.358 e. The maximum atomic E-state index is 11.7. The Balaban J connectivity index is 2.79. The Morgan fingerprint density at radius 3 is 2.38 bits per heavy atom. The van der Waals surface area contributed by atoms with Gasteiger partial charge in [-0.15, -0.1) is 0 Å². The van der Waals surface area contributed by atoms with E-state index >= 15 is 0 Å². The molecule has 0 radical (unpaired) electrons. The second-order valence-corrected chi connectivity index (χ2v) is 6.40. The smallest absolute Gasteiger partial charge is 0.358 e. The average molecular weight is 313 g/mol. The second kappa shape index (κ2) is 6.66. The highest BCUT2D eigenvalue weighted by molar-refractivity contribution is 7.17. The van der Waals surface area contributed by atoms with E-state index in [0.29, 0.717) is 5.13 Å². The highest BCUT2D eigenvalue weighted by Gasteiger charge is 2.22. The Kier molecular flexibility index (Phi) is 5.42. The number of hydrogen-bond donors (Lipinski definition) is 2. The summed E-state index contributed by atoms with van der Waals surface area (Å²) in [5.74, 6) is -1.16. The third kappa shape index (κ3) is 5.14. The van der Waals surface area contributed by atoms with Gasteiger partial charge in [-0.05, 0) is 20.8 Å². The van der Waals surface area contributed by atoms with Gasteiger partial charge in [0.1, 0.15) is 4.88 Å². The van der Waals surface area contributed by atoms with Gasteiger partial charge in [0, 0.05) is 12.5 Å². The third-order valence-electron chi connectivity index (χ3n) is 2.24. The number of ether oxygens (including phenoxy) is 1. The molecule has 0 aliphatic rings. The number of esters is 1. The minimum absolute atomic E-state index is 0.00272. The van der Waals surface area contributed by atoms with Crippen molar-refractivity contribution in [2.24, 2.45) is 0 Å². The highest BCUT2D eigenvalue weighted by atomic mass is 32.1. The maximum absolute atomic E-state index is 11.7. The number of thiazole rings is 1. The van der Waals surface area contributed by atoms with Crippen molar-refractivity contribution in [1.82, 2.24) is 10.3 Å². The third-order valence-corrected chi connectivity index (χ3v) is 3.35. The van der Waals surface area contributed by atoms with E-state index < -0.39 is 5.97 Å². The first-order valence-electron chi connectivity index (χ1n) is 6.29. The van der Waals surface area contributed by atoms with Gasteiger partial charge in [0.05, 0.1) is 13.7 Å². The summed E-state index contributed by atoms with van der Waals surface area (Å²) in [5, 5.41) is 5.91. The zero-order valence-corrected chi connectivity index (χ0v) is 13.5. The number of hydrogen-bond acceptors (Lipinski definition) is 7. The van der Waals surface area contributed by atoms with Gasteiger partial charge in [0.2, 0.25) is 5.91 Å². The van der Waals surface area contributed by atoms with Gasteiger partial charge in [-0.3, -0.25) is 9.59 Å². The molecule has 1 rings (SSSR count). The molecule has 1 aromatic rings. The molecule has 1 aromatic heterocycles. The van der Waals surface area contributed by atoms with Crippen LogP contribution in [0.4, 0.5) is 5.13 Å². The van der Waals surface area contributed by atoms with Crippen LogP contribution < -0.4 is 10.6 Å². The van der Waals surface area contributed by atoms with Crippen molar-refractivity contribution in [1.29, 1.82) is 0 Å². The van der Waals surface area contributed by atoms with Crippen molar-refractivity contribution in [2.75, 3.05) is 19.0 Å². The standard InChI is InChI=1S/C13H19N3O4S/c1-7(17)10-9(11(19)20-5)15-12(21-10)14-6-8(18)16-13(2,3)4/h6H2,1-5H3,(H,14,15)(H,16,18). The van der Waals surface area contributed by atoms with Crippen LogP contribution in [0, 0.1) is 0 Å². The summed E-state index contributed by atoms with van der Waals surface area (Å²) in [6.45, 7) is 6.96. The van der Waals surface area contributed by atoms with E-state index in [4.69, 9.17) is 0 Å². The van der Waals surface area contributed by atoms with Crippen LogP contribution in [0.2, 0.25) is 0 Å². The number of nitrogens with one attached hydrogen (secondary N) is 2. The molecule has 0 spiro atoms. The lowest BCUT2D eigenvalue weighted by molar-refractivity contribution is -0.120. The lowest BCUT2D eigenvalue weighted by Gasteiger charge is -2.20. The molecule has 0 fully saturated rings. The fourth-order valence-corrected chi connectivity index (χ4v) is 2.33. The summed E-state index contributed by atoms with van der Waals surface area (Å²) >= 11 is 1.02. The first kappa shape index (κ1) is 17.1. The summed E-state index contributed by atoms with van der Waals surface area (Å²) in [5.41, 5.74) is -0.364. The summed E-state index contributed by atoms with van der Waals surface area (Å²) < 4.78 is 4.58. The molecule has 0 unspecified atom stereocenters. The molecule has 116 valence electrons. The van der Waals surface area contributed by atoms with Crippen LogP contribution in [0.15, 0.2) is 0 Å². The predicted molar refractivity (Wildman–Crippen MR) is 79.8 cm³/mol. The lowest BCUT2D eigenvalue weighted by Crippen LogP contribution is -2.43. The number of Topliss-reactive ketones (excluding diaryl/α,β-unsaturated/α-hetero) is 1. The van der Waals surface area contributed by atoms with Gasteiger partial charge in [-0.1, -0.05) is 11.3 Å². The zero-order valence-electron chi connectivity index (χ0n) is 12.7. The average Bonchev–Trinajstić information content (AvgIpc) is 2.77. The van der Waals surface area contributed by atoms with E-state index in [1.165, 1.54) is 14.0 Å². The molecule has 8 heteroatoms. The summed E-state index contributed by atoms with van der Waals surface area (Å²) in [7, 11) is 1.22. The van der Waals surface area contributed by atoms with Gasteiger partial charge >= 0.3 is 5.97 Å². The first-order valence-corrected chi connectivity index (χ1v) is 7.10. The number of amides is 1. The van der Waals surface area contributed by atoms with Crippen molar-refractivity contribution in [3.05, 3.63) is 10.6 Å². The number of carbonyl (C=O) groups is 3. The quantitative estimate of drug-likeness (QED) is 0.631. The molecule has 0 saturated carbocycles. The molecule has 0 aliphatic heterocycles. The Morgan fingerprint density at radius 1 is 1.29 bits per heavy atom. The van der Waals surface area contributed by atoms with E-state index in [9.17, 15) is 14.4 Å². The normalized spacial score (nSPS) is 10.9. The van der Waals surface area contributed by atoms with E-state index in [1.54, 1.807) is 0 Å². The van der Waals surface area contributed by atoms with Crippen molar-refractivity contribution in [2.45, 2.75) is 33.2 Å². The Morgan fingerprint density at radius 2 is 1.90 bits per heavy atom. The summed E-state index contributed by atoms with van der Waals surface area (Å²) in [6, 6.07) is 0. The van der Waals surface area contributed by atoms with Crippen LogP contribution in [-0.4, -0.2) is 41.8 Å². The molecular weight excluding hydrogens is 294 g/mol. The molecule has 7 nitrogen and oxygen atoms in total. The highest BCUT2D eigenvalue weighted by Crippen LogP contribution is 2.24. The minimum atomic E-state index is -0.677. The Hall–Kier alpha value is -1.96. The predicted octanol–water partition coefficient (Wildman–Crippen LogP) is 1.46. The molecule has 0 aromatic carbocycles. The molecule has 21 heavy (non-hydrogen) atoms. The molecular formula is C13H19N3O4S. The van der Waals surface area contributed by atoms with Gasteiger partial charge in [0.25, 0.3) is 0 Å². The Bertz CT molecular complexity index is 560. The minimum Gasteiger partial charge on any atom is -0.464 e. The largest absolute Gasteiger partial charge is 0.464 e. The van der Waals surface area contributed by atoms with Gasteiger partial charge in [0.15, 0.2) is 16.6 Å². The number of ketones is 1. The molecule has 1 heterocycles. The monoisotopic (exact) mass is 313 g/mol. The summed E-state index contributed by atoms with van der Waals surface area (Å²) in [6.07, 6.45) is 0. The van der Waals surface area contributed by atoms with Crippen molar-refractivity contribution in [3.8, 4) is 0 Å². The molecule has 0 atom stereocenters. The summed E-state index contributed by atoms with van der Waals surface area (Å²) in [4.78, 5) is 38.9. The van der Waals surface area contributed by atoms with Crippen LogP contribution in [0.5, 0.6) is 0 Å². The van der Waals surface area contributed by atoms with Gasteiger partial charge in [-0.2, -0.15) is 0 Å². The number of carbonyl (C=O) groups excluding carboxylic acids is 3. The number of methoxy groups -OCH3 is 1. The lowest BCUT2D eigenvalue weighted by atomic mass is 10.1. The number of anilines is 1. The molecule has 2 N–H and O–H groups in total. The van der Waals surface area contributed by atoms with Crippen LogP contribution in [0.1, 0.15) is 47.9 Å². The van der Waals surface area contributed by atoms with E-state index in [2.05, 4.69) is 20.4 Å². The first-order chi connectivity index (χ1) is 9.64.